The van der Waals surface area contributed by atoms with Gasteiger partial charge in [0.2, 0.25) is 0 Å². The molecule has 0 saturated carbocycles. The van der Waals surface area contributed by atoms with Crippen molar-refractivity contribution in [3.05, 3.63) is 28.5 Å². The fourth-order valence-electron chi connectivity index (χ4n) is 2.49. The number of nitrogens with zero attached hydrogens (tertiary/aromatic N) is 2. The Morgan fingerprint density at radius 3 is 2.89 bits per heavy atom. The zero-order chi connectivity index (χ0) is 14.0. The lowest BCUT2D eigenvalue weighted by Crippen LogP contribution is -2.52. The van der Waals surface area contributed by atoms with Crippen LogP contribution in [0.1, 0.15) is 30.1 Å². The summed E-state index contributed by atoms with van der Waals surface area (Å²) in [6.45, 7) is 2.35. The standard InChI is InChI=1S/C13H15BrN2O3/c1-8-4-3-7-16(10(8)13(18)19)12(17)9-5-2-6-15-11(9)14/h2,5-6,8,10H,3-4,7H2,1H3,(H,18,19). The minimum Gasteiger partial charge on any atom is -0.480 e. The van der Waals surface area contributed by atoms with E-state index in [2.05, 4.69) is 20.9 Å². The quantitative estimate of drug-likeness (QED) is 0.845. The minimum absolute atomic E-state index is 0.0364. The number of halogens is 1. The zero-order valence-corrected chi connectivity index (χ0v) is 12.1. The van der Waals surface area contributed by atoms with E-state index in [0.29, 0.717) is 16.7 Å². The van der Waals surface area contributed by atoms with E-state index >= 15 is 0 Å². The van der Waals surface area contributed by atoms with E-state index in [1.165, 1.54) is 4.90 Å². The fraction of sp³-hybridized carbons (Fsp3) is 0.462. The van der Waals surface area contributed by atoms with Crippen LogP contribution >= 0.6 is 15.9 Å². The monoisotopic (exact) mass is 326 g/mol. The Morgan fingerprint density at radius 1 is 1.53 bits per heavy atom. The molecule has 2 heterocycles. The van der Waals surface area contributed by atoms with Crippen molar-refractivity contribution in [3.63, 3.8) is 0 Å². The summed E-state index contributed by atoms with van der Waals surface area (Å²) in [4.78, 5) is 29.3. The van der Waals surface area contributed by atoms with Gasteiger partial charge in [-0.15, -0.1) is 0 Å². The highest BCUT2D eigenvalue weighted by atomic mass is 79.9. The molecule has 2 rings (SSSR count). The molecule has 0 bridgehead atoms. The van der Waals surface area contributed by atoms with Crippen molar-refractivity contribution < 1.29 is 14.7 Å². The third kappa shape index (κ3) is 2.78. The molecular weight excluding hydrogens is 312 g/mol. The number of carboxylic acids is 1. The van der Waals surface area contributed by atoms with Crippen LogP contribution in [-0.4, -0.2) is 39.5 Å². The summed E-state index contributed by atoms with van der Waals surface area (Å²) in [6, 6.07) is 2.56. The lowest BCUT2D eigenvalue weighted by Gasteiger charge is -2.37. The predicted molar refractivity (Wildman–Crippen MR) is 72.8 cm³/mol. The van der Waals surface area contributed by atoms with E-state index in [1.807, 2.05) is 6.92 Å². The highest BCUT2D eigenvalue weighted by Gasteiger charge is 2.37. The summed E-state index contributed by atoms with van der Waals surface area (Å²) >= 11 is 3.23. The summed E-state index contributed by atoms with van der Waals surface area (Å²) in [5.41, 5.74) is 0.405. The first-order chi connectivity index (χ1) is 9.02. The second kappa shape index (κ2) is 5.69. The molecule has 102 valence electrons. The topological polar surface area (TPSA) is 70.5 Å². The van der Waals surface area contributed by atoms with Gasteiger partial charge in [0.1, 0.15) is 10.6 Å². The summed E-state index contributed by atoms with van der Waals surface area (Å²) in [7, 11) is 0. The molecule has 1 N–H and O–H groups in total. The van der Waals surface area contributed by atoms with E-state index in [0.717, 1.165) is 12.8 Å². The van der Waals surface area contributed by atoms with Crippen molar-refractivity contribution >= 4 is 27.8 Å². The van der Waals surface area contributed by atoms with Gasteiger partial charge in [-0.1, -0.05) is 6.92 Å². The first-order valence-corrected chi connectivity index (χ1v) is 6.96. The van der Waals surface area contributed by atoms with Crippen LogP contribution in [0, 0.1) is 5.92 Å². The van der Waals surface area contributed by atoms with Crippen LogP contribution in [0.2, 0.25) is 0 Å². The van der Waals surface area contributed by atoms with Crippen molar-refractivity contribution in [1.82, 2.24) is 9.88 Å². The normalized spacial score (nSPS) is 23.2. The van der Waals surface area contributed by atoms with Crippen molar-refractivity contribution in [2.24, 2.45) is 5.92 Å². The molecule has 2 atom stereocenters. The van der Waals surface area contributed by atoms with Crippen LogP contribution in [0.5, 0.6) is 0 Å². The van der Waals surface area contributed by atoms with Gasteiger partial charge in [-0.2, -0.15) is 0 Å². The molecule has 6 heteroatoms. The molecule has 19 heavy (non-hydrogen) atoms. The third-order valence-electron chi connectivity index (χ3n) is 3.44. The Hall–Kier alpha value is -1.43. The number of hydrogen-bond acceptors (Lipinski definition) is 3. The number of piperidine rings is 1. The van der Waals surface area contributed by atoms with E-state index in [4.69, 9.17) is 0 Å². The Bertz CT molecular complexity index is 506. The maximum atomic E-state index is 12.5. The SMILES string of the molecule is CC1CCCN(C(=O)c2cccnc2Br)C1C(=O)O. The lowest BCUT2D eigenvalue weighted by molar-refractivity contribution is -0.145. The molecule has 1 aliphatic rings. The maximum Gasteiger partial charge on any atom is 0.326 e. The number of carboxylic acid groups (broad SMARTS) is 1. The highest BCUT2D eigenvalue weighted by molar-refractivity contribution is 9.10. The van der Waals surface area contributed by atoms with Crippen molar-refractivity contribution in [1.29, 1.82) is 0 Å². The van der Waals surface area contributed by atoms with Gasteiger partial charge in [-0.3, -0.25) is 4.79 Å². The Morgan fingerprint density at radius 2 is 2.26 bits per heavy atom. The van der Waals surface area contributed by atoms with Gasteiger partial charge in [-0.25, -0.2) is 9.78 Å². The van der Waals surface area contributed by atoms with Crippen LogP contribution < -0.4 is 0 Å². The fourth-order valence-corrected chi connectivity index (χ4v) is 2.91. The van der Waals surface area contributed by atoms with E-state index < -0.39 is 12.0 Å². The minimum atomic E-state index is -0.944. The van der Waals surface area contributed by atoms with Gasteiger partial charge in [0.05, 0.1) is 5.56 Å². The third-order valence-corrected chi connectivity index (χ3v) is 4.07. The molecule has 0 aromatic carbocycles. The molecule has 5 nitrogen and oxygen atoms in total. The number of pyridine rings is 1. The number of aromatic nitrogens is 1. The summed E-state index contributed by atoms with van der Waals surface area (Å²) in [6.07, 6.45) is 3.23. The largest absolute Gasteiger partial charge is 0.480 e. The second-order valence-corrected chi connectivity index (χ2v) is 5.49. The Balaban J connectivity index is 2.31. The average molecular weight is 327 g/mol. The van der Waals surface area contributed by atoms with Gasteiger partial charge < -0.3 is 10.0 Å². The van der Waals surface area contributed by atoms with Gasteiger partial charge in [0.25, 0.3) is 5.91 Å². The Labute approximate surface area is 119 Å². The second-order valence-electron chi connectivity index (χ2n) is 4.74. The summed E-state index contributed by atoms with van der Waals surface area (Å²) in [5.74, 6) is -1.26. The summed E-state index contributed by atoms with van der Waals surface area (Å²) < 4.78 is 0.447. The van der Waals surface area contributed by atoms with Gasteiger partial charge in [0.15, 0.2) is 0 Å². The maximum absolute atomic E-state index is 12.5. The molecule has 1 aliphatic heterocycles. The first-order valence-electron chi connectivity index (χ1n) is 6.16. The van der Waals surface area contributed by atoms with Gasteiger partial charge >= 0.3 is 5.97 Å². The van der Waals surface area contributed by atoms with Crippen LogP contribution in [0.25, 0.3) is 0 Å². The van der Waals surface area contributed by atoms with Crippen LogP contribution in [0.4, 0.5) is 0 Å². The number of hydrogen-bond donors (Lipinski definition) is 1. The first kappa shape index (κ1) is 14.0. The van der Waals surface area contributed by atoms with Crippen molar-refractivity contribution in [2.75, 3.05) is 6.54 Å². The van der Waals surface area contributed by atoms with Crippen LogP contribution in [-0.2, 0) is 4.79 Å². The number of carbonyl (C=O) groups is 2. The molecule has 2 unspecified atom stereocenters. The highest BCUT2D eigenvalue weighted by Crippen LogP contribution is 2.26. The van der Waals surface area contributed by atoms with Crippen LogP contribution in [0.15, 0.2) is 22.9 Å². The van der Waals surface area contributed by atoms with Gasteiger partial charge in [-0.05, 0) is 46.8 Å². The molecule has 0 radical (unpaired) electrons. The number of rotatable bonds is 2. The smallest absolute Gasteiger partial charge is 0.326 e. The molecule has 1 aromatic rings. The molecule has 1 amide bonds. The summed E-state index contributed by atoms with van der Waals surface area (Å²) in [5, 5.41) is 9.32. The van der Waals surface area contributed by atoms with Gasteiger partial charge in [0, 0.05) is 12.7 Å². The van der Waals surface area contributed by atoms with Crippen molar-refractivity contribution in [2.45, 2.75) is 25.8 Å². The predicted octanol–water partition coefficient (Wildman–Crippen LogP) is 2.17. The molecule has 1 fully saturated rings. The number of amides is 1. The van der Waals surface area contributed by atoms with E-state index in [9.17, 15) is 14.7 Å². The number of carbonyl (C=O) groups excluding carboxylic acids is 1. The zero-order valence-electron chi connectivity index (χ0n) is 10.5. The average Bonchev–Trinajstić information content (AvgIpc) is 2.37. The molecular formula is C13H15BrN2O3. The van der Waals surface area contributed by atoms with E-state index in [-0.39, 0.29) is 11.8 Å². The van der Waals surface area contributed by atoms with Crippen LogP contribution in [0.3, 0.4) is 0 Å². The molecule has 0 spiro atoms. The Kier molecular flexibility index (Phi) is 4.19. The van der Waals surface area contributed by atoms with E-state index in [1.54, 1.807) is 18.3 Å². The number of likely N-dealkylation sites (tertiary alicyclic amines) is 1. The number of aliphatic carboxylic acids is 1. The molecule has 0 aliphatic carbocycles. The van der Waals surface area contributed by atoms with Crippen molar-refractivity contribution in [3.8, 4) is 0 Å². The lowest BCUT2D eigenvalue weighted by atomic mass is 9.90. The molecule has 1 aromatic heterocycles. The molecule has 1 saturated heterocycles.